The summed E-state index contributed by atoms with van der Waals surface area (Å²) in [5.74, 6) is 1.87. The quantitative estimate of drug-likeness (QED) is 0.785. The van der Waals surface area contributed by atoms with Gasteiger partial charge in [-0.1, -0.05) is 39.0 Å². The van der Waals surface area contributed by atoms with Crippen LogP contribution in [0.1, 0.15) is 48.2 Å². The molecule has 0 saturated carbocycles. The second kappa shape index (κ2) is 8.07. The molecule has 0 bridgehead atoms. The Morgan fingerprint density at radius 1 is 0.931 bits per heavy atom. The predicted octanol–water partition coefficient (Wildman–Crippen LogP) is 4.11. The second-order valence-electron chi connectivity index (χ2n) is 8.70. The van der Waals surface area contributed by atoms with Crippen molar-refractivity contribution in [1.29, 1.82) is 0 Å². The lowest BCUT2D eigenvalue weighted by Gasteiger charge is -2.27. The lowest BCUT2D eigenvalue weighted by Crippen LogP contribution is -2.40. The minimum absolute atomic E-state index is 0.00630. The Morgan fingerprint density at radius 2 is 1.55 bits per heavy atom. The monoisotopic (exact) mass is 395 g/mol. The van der Waals surface area contributed by atoms with E-state index in [-0.39, 0.29) is 17.2 Å². The van der Waals surface area contributed by atoms with E-state index in [1.165, 1.54) is 11.1 Å². The normalized spacial score (nSPS) is 19.3. The summed E-state index contributed by atoms with van der Waals surface area (Å²) in [6, 6.07) is 14.1. The zero-order chi connectivity index (χ0) is 20.4. The van der Waals surface area contributed by atoms with Crippen molar-refractivity contribution in [3.05, 3.63) is 59.2 Å². The van der Waals surface area contributed by atoms with E-state index in [1.54, 1.807) is 0 Å². The van der Waals surface area contributed by atoms with Gasteiger partial charge >= 0.3 is 0 Å². The molecule has 29 heavy (non-hydrogen) atoms. The lowest BCUT2D eigenvalue weighted by molar-refractivity contribution is 0.0303. The van der Waals surface area contributed by atoms with Gasteiger partial charge in [-0.15, -0.1) is 0 Å². The van der Waals surface area contributed by atoms with Crippen molar-refractivity contribution < 1.29 is 19.0 Å². The molecular formula is C24H29NO4. The van der Waals surface area contributed by atoms with E-state index in [0.717, 1.165) is 17.1 Å². The number of morpholine rings is 1. The van der Waals surface area contributed by atoms with E-state index in [1.807, 2.05) is 35.2 Å². The van der Waals surface area contributed by atoms with Crippen LogP contribution in [0.3, 0.4) is 0 Å². The highest BCUT2D eigenvalue weighted by Crippen LogP contribution is 2.37. The summed E-state index contributed by atoms with van der Waals surface area (Å²) in [7, 11) is 0. The average Bonchev–Trinajstić information content (AvgIpc) is 2.91. The molecule has 0 N–H and O–H groups in total. The molecule has 5 nitrogen and oxygen atoms in total. The smallest absolute Gasteiger partial charge is 0.254 e. The first-order valence-electron chi connectivity index (χ1n) is 10.3. The number of fused-ring (bicyclic) bond motifs is 1. The molecule has 4 rings (SSSR count). The Hall–Kier alpha value is -2.53. The number of rotatable bonds is 3. The summed E-state index contributed by atoms with van der Waals surface area (Å²) in [6.07, 6.45) is 0. The number of ether oxygens (including phenoxy) is 3. The van der Waals surface area contributed by atoms with Gasteiger partial charge in [0.2, 0.25) is 0 Å². The number of hydrogen-bond donors (Lipinski definition) is 0. The molecule has 0 radical (unpaired) electrons. The van der Waals surface area contributed by atoms with Crippen LogP contribution in [0.4, 0.5) is 0 Å². The number of hydrogen-bond acceptors (Lipinski definition) is 4. The lowest BCUT2D eigenvalue weighted by atomic mass is 9.92. The van der Waals surface area contributed by atoms with Crippen LogP contribution in [0.5, 0.6) is 11.5 Å². The van der Waals surface area contributed by atoms with Gasteiger partial charge in [-0.2, -0.15) is 0 Å². The fourth-order valence-electron chi connectivity index (χ4n) is 3.67. The number of nitrogens with zero attached hydrogens (tertiary/aromatic N) is 1. The third kappa shape index (κ3) is 4.40. The summed E-state index contributed by atoms with van der Waals surface area (Å²) in [4.78, 5) is 14.5. The predicted molar refractivity (Wildman–Crippen MR) is 112 cm³/mol. The molecule has 1 atom stereocenters. The zero-order valence-corrected chi connectivity index (χ0v) is 17.4. The highest BCUT2D eigenvalue weighted by Gasteiger charge is 2.26. The molecular weight excluding hydrogens is 366 g/mol. The van der Waals surface area contributed by atoms with Crippen molar-refractivity contribution in [1.82, 2.24) is 4.90 Å². The van der Waals surface area contributed by atoms with Crippen molar-refractivity contribution in [2.75, 3.05) is 39.5 Å². The maximum absolute atomic E-state index is 12.6. The van der Waals surface area contributed by atoms with Crippen LogP contribution < -0.4 is 9.47 Å². The SMILES string of the molecule is CC(c1ccc(C(=O)N2CCOCC2)cc1)c1ccc2c(c1)OCC(C)(C)CO2. The van der Waals surface area contributed by atoms with Crippen molar-refractivity contribution in [3.8, 4) is 11.5 Å². The zero-order valence-electron chi connectivity index (χ0n) is 17.4. The second-order valence-corrected chi connectivity index (χ2v) is 8.70. The van der Waals surface area contributed by atoms with Gasteiger partial charge in [0.1, 0.15) is 0 Å². The van der Waals surface area contributed by atoms with Gasteiger partial charge in [0.05, 0.1) is 26.4 Å². The van der Waals surface area contributed by atoms with Crippen LogP contribution in [0, 0.1) is 5.41 Å². The van der Waals surface area contributed by atoms with Gasteiger partial charge in [-0.3, -0.25) is 4.79 Å². The maximum Gasteiger partial charge on any atom is 0.254 e. The van der Waals surface area contributed by atoms with Crippen molar-refractivity contribution in [2.45, 2.75) is 26.7 Å². The van der Waals surface area contributed by atoms with Gasteiger partial charge in [-0.25, -0.2) is 0 Å². The molecule has 2 aliphatic rings. The molecule has 2 aromatic rings. The van der Waals surface area contributed by atoms with E-state index < -0.39 is 0 Å². The third-order valence-electron chi connectivity index (χ3n) is 5.66. The summed E-state index contributed by atoms with van der Waals surface area (Å²) in [6.45, 7) is 10.3. The molecule has 2 aromatic carbocycles. The summed E-state index contributed by atoms with van der Waals surface area (Å²) in [5.41, 5.74) is 3.05. The summed E-state index contributed by atoms with van der Waals surface area (Å²) < 4.78 is 17.3. The third-order valence-corrected chi connectivity index (χ3v) is 5.66. The summed E-state index contributed by atoms with van der Waals surface area (Å²) in [5, 5.41) is 0. The Labute approximate surface area is 172 Å². The molecule has 1 amide bonds. The van der Waals surface area contributed by atoms with Crippen molar-refractivity contribution >= 4 is 5.91 Å². The van der Waals surface area contributed by atoms with Crippen LogP contribution in [-0.4, -0.2) is 50.3 Å². The molecule has 1 unspecified atom stereocenters. The number of carbonyl (C=O) groups is 1. The Kier molecular flexibility index (Phi) is 5.50. The Morgan fingerprint density at radius 3 is 2.24 bits per heavy atom. The molecule has 154 valence electrons. The van der Waals surface area contributed by atoms with Crippen LogP contribution in [-0.2, 0) is 4.74 Å². The molecule has 1 saturated heterocycles. The van der Waals surface area contributed by atoms with Gasteiger partial charge in [0.15, 0.2) is 11.5 Å². The molecule has 0 aromatic heterocycles. The highest BCUT2D eigenvalue weighted by atomic mass is 16.5. The van der Waals surface area contributed by atoms with E-state index in [0.29, 0.717) is 39.5 Å². The van der Waals surface area contributed by atoms with Gasteiger partial charge in [-0.05, 0) is 35.4 Å². The number of benzene rings is 2. The first-order chi connectivity index (χ1) is 13.9. The van der Waals surface area contributed by atoms with Crippen LogP contribution in [0.15, 0.2) is 42.5 Å². The van der Waals surface area contributed by atoms with Gasteiger partial charge in [0, 0.05) is 30.0 Å². The van der Waals surface area contributed by atoms with E-state index in [4.69, 9.17) is 14.2 Å². The largest absolute Gasteiger partial charge is 0.489 e. The molecule has 2 aliphatic heterocycles. The van der Waals surface area contributed by atoms with Crippen molar-refractivity contribution in [2.24, 2.45) is 5.41 Å². The molecule has 1 fully saturated rings. The minimum atomic E-state index is -0.00630. The Bertz CT molecular complexity index is 869. The molecule has 0 spiro atoms. The van der Waals surface area contributed by atoms with Gasteiger partial charge < -0.3 is 19.1 Å². The van der Waals surface area contributed by atoms with Crippen molar-refractivity contribution in [3.63, 3.8) is 0 Å². The summed E-state index contributed by atoms with van der Waals surface area (Å²) >= 11 is 0. The molecule has 5 heteroatoms. The fourth-order valence-corrected chi connectivity index (χ4v) is 3.67. The average molecular weight is 395 g/mol. The van der Waals surface area contributed by atoms with E-state index in [2.05, 4.69) is 32.9 Å². The van der Waals surface area contributed by atoms with Gasteiger partial charge in [0.25, 0.3) is 5.91 Å². The fraction of sp³-hybridized carbons (Fsp3) is 0.458. The first kappa shape index (κ1) is 19.8. The minimum Gasteiger partial charge on any atom is -0.489 e. The van der Waals surface area contributed by atoms with Crippen LogP contribution in [0.25, 0.3) is 0 Å². The highest BCUT2D eigenvalue weighted by molar-refractivity contribution is 5.94. The number of amides is 1. The first-order valence-corrected chi connectivity index (χ1v) is 10.3. The molecule has 0 aliphatic carbocycles. The number of carbonyl (C=O) groups excluding carboxylic acids is 1. The molecule has 2 heterocycles. The van der Waals surface area contributed by atoms with Crippen LogP contribution >= 0.6 is 0 Å². The van der Waals surface area contributed by atoms with Crippen LogP contribution in [0.2, 0.25) is 0 Å². The maximum atomic E-state index is 12.6. The Balaban J connectivity index is 1.49. The topological polar surface area (TPSA) is 48.0 Å². The van der Waals surface area contributed by atoms with E-state index >= 15 is 0 Å². The standard InChI is InChI=1S/C24H29NO4/c1-17(20-8-9-21-22(14-20)29-16-24(2,3)15-28-21)18-4-6-19(7-5-18)23(26)25-10-12-27-13-11-25/h4-9,14,17H,10-13,15-16H2,1-3H3. The van der Waals surface area contributed by atoms with E-state index in [9.17, 15) is 4.79 Å².